The summed E-state index contributed by atoms with van der Waals surface area (Å²) in [7, 11) is 0. The van der Waals surface area contributed by atoms with Crippen LogP contribution in [-0.4, -0.2) is 36.1 Å². The fraction of sp³-hybridized carbons (Fsp3) is 0.280. The first kappa shape index (κ1) is 24.1. The van der Waals surface area contributed by atoms with Crippen molar-refractivity contribution in [1.82, 2.24) is 4.98 Å². The van der Waals surface area contributed by atoms with Crippen molar-refractivity contribution >= 4 is 41.4 Å². The first-order chi connectivity index (χ1) is 15.2. The third-order valence-corrected chi connectivity index (χ3v) is 5.60. The molecule has 0 spiro atoms. The first-order valence-corrected chi connectivity index (χ1v) is 11.3. The van der Waals surface area contributed by atoms with Crippen LogP contribution in [0.5, 0.6) is 0 Å². The lowest BCUT2D eigenvalue weighted by atomic mass is 10.0. The van der Waals surface area contributed by atoms with Gasteiger partial charge in [-0.25, -0.2) is 0 Å². The van der Waals surface area contributed by atoms with Gasteiger partial charge in [0.25, 0.3) is 0 Å². The minimum Gasteiger partial charge on any atom is -0.398 e. The molecule has 0 saturated carbocycles. The van der Waals surface area contributed by atoms with Crippen molar-refractivity contribution in [3.8, 4) is 0 Å². The number of aryl methyl sites for hydroxylation is 1. The molecule has 3 aromatic rings. The van der Waals surface area contributed by atoms with Gasteiger partial charge in [-0.05, 0) is 75.4 Å². The minimum absolute atomic E-state index is 0.169. The summed E-state index contributed by atoms with van der Waals surface area (Å²) in [5, 5.41) is 0.489. The van der Waals surface area contributed by atoms with Gasteiger partial charge in [0.1, 0.15) is 0 Å². The van der Waals surface area contributed by atoms with Gasteiger partial charge in [0.05, 0.1) is 12.2 Å². The first-order valence-electron chi connectivity index (χ1n) is 10.4. The second kappa shape index (κ2) is 10.9. The van der Waals surface area contributed by atoms with Gasteiger partial charge in [-0.15, -0.1) is 12.6 Å². The van der Waals surface area contributed by atoms with E-state index >= 15 is 0 Å². The third kappa shape index (κ3) is 6.48. The Labute approximate surface area is 200 Å². The quantitative estimate of drug-likeness (QED) is 0.303. The summed E-state index contributed by atoms with van der Waals surface area (Å²) in [6, 6.07) is 16.7. The number of hydrogen-bond acceptors (Lipinski definition) is 6. The second-order valence-electron chi connectivity index (χ2n) is 7.93. The molecule has 1 fully saturated rings. The standard InChI is InChI=1S/C13H11ClN2O.C12H17NOS/c1-8-2-3-9(7-16-8)13(17)11-6-10(14)4-5-12(11)15;1-9-7-13(8-10(2)14-9)11-3-5-12(15)6-4-11/h2-7H,15H2,1H3;3-6,9-10,15H,7-8H2,1-2H3. The van der Waals surface area contributed by atoms with Gasteiger partial charge in [0, 0.05) is 57.4 Å². The number of hydrogen-bond donors (Lipinski definition) is 2. The van der Waals surface area contributed by atoms with Gasteiger partial charge in [-0.3, -0.25) is 9.78 Å². The number of benzene rings is 2. The monoisotopic (exact) mass is 469 g/mol. The fourth-order valence-electron chi connectivity index (χ4n) is 3.53. The maximum absolute atomic E-state index is 12.2. The molecule has 1 saturated heterocycles. The molecule has 4 rings (SSSR count). The fourth-order valence-corrected chi connectivity index (χ4v) is 3.86. The number of pyridine rings is 1. The molecular weight excluding hydrogens is 442 g/mol. The van der Waals surface area contributed by atoms with Gasteiger partial charge in [-0.1, -0.05) is 11.6 Å². The van der Waals surface area contributed by atoms with Crippen LogP contribution in [0.3, 0.4) is 0 Å². The van der Waals surface area contributed by atoms with Gasteiger partial charge in [-0.2, -0.15) is 0 Å². The van der Waals surface area contributed by atoms with E-state index in [1.165, 1.54) is 11.9 Å². The Morgan fingerprint density at radius 3 is 2.34 bits per heavy atom. The van der Waals surface area contributed by atoms with Gasteiger partial charge >= 0.3 is 0 Å². The lowest BCUT2D eigenvalue weighted by Crippen LogP contribution is -2.45. The van der Waals surface area contributed by atoms with Crippen LogP contribution in [0.4, 0.5) is 11.4 Å². The lowest BCUT2D eigenvalue weighted by molar-refractivity contribution is -0.00522. The lowest BCUT2D eigenvalue weighted by Gasteiger charge is -2.36. The van der Waals surface area contributed by atoms with Crippen LogP contribution in [-0.2, 0) is 4.74 Å². The number of nitrogens with zero attached hydrogens (tertiary/aromatic N) is 2. The van der Waals surface area contributed by atoms with Crippen molar-refractivity contribution in [3.63, 3.8) is 0 Å². The molecule has 5 nitrogen and oxygen atoms in total. The zero-order valence-electron chi connectivity index (χ0n) is 18.5. The highest BCUT2D eigenvalue weighted by atomic mass is 35.5. The van der Waals surface area contributed by atoms with E-state index in [1.54, 1.807) is 30.3 Å². The average molecular weight is 470 g/mol. The summed E-state index contributed by atoms with van der Waals surface area (Å²) in [5.41, 5.74) is 9.21. The Morgan fingerprint density at radius 1 is 1.09 bits per heavy atom. The van der Waals surface area contributed by atoms with E-state index in [9.17, 15) is 4.79 Å². The Hall–Kier alpha value is -2.54. The third-order valence-electron chi connectivity index (χ3n) is 5.07. The number of carbonyl (C=O) groups is 1. The van der Waals surface area contributed by atoms with Gasteiger partial charge in [0.15, 0.2) is 5.78 Å². The van der Waals surface area contributed by atoms with Crippen molar-refractivity contribution in [2.75, 3.05) is 23.7 Å². The number of ether oxygens (including phenoxy) is 1. The summed E-state index contributed by atoms with van der Waals surface area (Å²) in [4.78, 5) is 19.6. The summed E-state index contributed by atoms with van der Waals surface area (Å²) < 4.78 is 5.70. The summed E-state index contributed by atoms with van der Waals surface area (Å²) >= 11 is 10.1. The molecule has 2 N–H and O–H groups in total. The second-order valence-corrected chi connectivity index (χ2v) is 8.88. The van der Waals surface area contributed by atoms with E-state index in [-0.39, 0.29) is 5.78 Å². The Kier molecular flexibility index (Phi) is 8.18. The van der Waals surface area contributed by atoms with E-state index in [1.807, 2.05) is 19.1 Å². The van der Waals surface area contributed by atoms with Crippen molar-refractivity contribution in [2.45, 2.75) is 37.9 Å². The largest absolute Gasteiger partial charge is 0.398 e. The van der Waals surface area contributed by atoms with E-state index in [4.69, 9.17) is 22.1 Å². The maximum atomic E-state index is 12.2. The van der Waals surface area contributed by atoms with Crippen molar-refractivity contribution < 1.29 is 9.53 Å². The summed E-state index contributed by atoms with van der Waals surface area (Å²) in [6.45, 7) is 8.04. The molecule has 1 aromatic heterocycles. The molecule has 32 heavy (non-hydrogen) atoms. The normalized spacial score (nSPS) is 18.0. The summed E-state index contributed by atoms with van der Waals surface area (Å²) in [6.07, 6.45) is 2.16. The number of morpholine rings is 1. The van der Waals surface area contributed by atoms with E-state index in [2.05, 4.69) is 48.5 Å². The molecule has 2 heterocycles. The number of carbonyl (C=O) groups excluding carboxylic acids is 1. The molecule has 0 amide bonds. The number of halogens is 1. The van der Waals surface area contributed by atoms with Gasteiger partial charge in [0.2, 0.25) is 0 Å². The predicted octanol–water partition coefficient (Wildman–Crippen LogP) is 5.45. The van der Waals surface area contributed by atoms with Crippen LogP contribution < -0.4 is 10.6 Å². The molecule has 1 aliphatic heterocycles. The molecule has 2 unspecified atom stereocenters. The van der Waals surface area contributed by atoms with Crippen molar-refractivity contribution in [3.05, 3.63) is 82.6 Å². The average Bonchev–Trinajstić information content (AvgIpc) is 2.76. The SMILES string of the molecule is CC1CN(c2ccc(S)cc2)CC(C)O1.Cc1ccc(C(=O)c2cc(Cl)ccc2N)cn1. The van der Waals surface area contributed by atoms with Crippen LogP contribution in [0, 0.1) is 6.92 Å². The molecule has 0 aliphatic carbocycles. The van der Waals surface area contributed by atoms with Crippen LogP contribution in [0.15, 0.2) is 65.7 Å². The van der Waals surface area contributed by atoms with E-state index < -0.39 is 0 Å². The number of nitrogen functional groups attached to an aromatic ring is 1. The number of anilines is 2. The molecule has 0 bridgehead atoms. The highest BCUT2D eigenvalue weighted by molar-refractivity contribution is 7.80. The highest BCUT2D eigenvalue weighted by Crippen LogP contribution is 2.22. The number of aromatic nitrogens is 1. The Bertz CT molecular complexity index is 1050. The van der Waals surface area contributed by atoms with Crippen LogP contribution in [0.1, 0.15) is 35.5 Å². The van der Waals surface area contributed by atoms with Crippen molar-refractivity contribution in [1.29, 1.82) is 0 Å². The van der Waals surface area contributed by atoms with Crippen LogP contribution in [0.25, 0.3) is 0 Å². The molecule has 2 atom stereocenters. The van der Waals surface area contributed by atoms with Crippen molar-refractivity contribution in [2.24, 2.45) is 0 Å². The van der Waals surface area contributed by atoms with Gasteiger partial charge < -0.3 is 15.4 Å². The number of rotatable bonds is 3. The van der Waals surface area contributed by atoms with Crippen LogP contribution in [0.2, 0.25) is 5.02 Å². The molecule has 0 radical (unpaired) electrons. The molecule has 1 aliphatic rings. The van der Waals surface area contributed by atoms with E-state index in [0.29, 0.717) is 34.0 Å². The number of ketones is 1. The Morgan fingerprint density at radius 2 is 1.75 bits per heavy atom. The summed E-state index contributed by atoms with van der Waals surface area (Å²) in [5.74, 6) is -0.169. The smallest absolute Gasteiger partial charge is 0.196 e. The number of nitrogens with two attached hydrogens (primary N) is 1. The zero-order chi connectivity index (χ0) is 23.3. The minimum atomic E-state index is -0.169. The molecular formula is C25H28ClN3O2S. The molecule has 168 valence electrons. The van der Waals surface area contributed by atoms with Crippen LogP contribution >= 0.6 is 24.2 Å². The van der Waals surface area contributed by atoms with E-state index in [0.717, 1.165) is 23.7 Å². The topological polar surface area (TPSA) is 68.5 Å². The predicted molar refractivity (Wildman–Crippen MR) is 134 cm³/mol. The highest BCUT2D eigenvalue weighted by Gasteiger charge is 2.22. The molecule has 7 heteroatoms. The maximum Gasteiger partial charge on any atom is 0.196 e. The molecule has 2 aromatic carbocycles. The zero-order valence-corrected chi connectivity index (χ0v) is 20.1. The Balaban J connectivity index is 0.000000182. The number of thiol groups is 1.